The number of nitrogens with zero attached hydrogens (tertiary/aromatic N) is 3. The minimum absolute atomic E-state index is 0. The van der Waals surface area contributed by atoms with Crippen LogP contribution in [0.5, 0.6) is 11.6 Å². The zero-order valence-electron chi connectivity index (χ0n) is 18.9. The lowest BCUT2D eigenvalue weighted by Gasteiger charge is -2.34. The normalized spacial score (nSPS) is 17.0. The molecule has 1 saturated heterocycles. The van der Waals surface area contributed by atoms with E-state index in [1.54, 1.807) is 31.4 Å². The molecule has 1 aromatic heterocycles. The van der Waals surface area contributed by atoms with Crippen molar-refractivity contribution in [3.8, 4) is 11.6 Å². The first-order valence-electron chi connectivity index (χ1n) is 10.7. The van der Waals surface area contributed by atoms with Gasteiger partial charge in [0.05, 0.1) is 12.7 Å². The second-order valence-electron chi connectivity index (χ2n) is 8.01. The lowest BCUT2D eigenvalue weighted by molar-refractivity contribution is -0.0284. The molecule has 1 aromatic carbocycles. The van der Waals surface area contributed by atoms with Gasteiger partial charge in [-0.05, 0) is 35.7 Å². The van der Waals surface area contributed by atoms with Gasteiger partial charge in [0.1, 0.15) is 11.6 Å². The molecule has 1 aliphatic rings. The number of pyridine rings is 1. The summed E-state index contributed by atoms with van der Waals surface area (Å²) in [5, 5.41) is 6.63. The van der Waals surface area contributed by atoms with Gasteiger partial charge in [0.25, 0.3) is 0 Å². The third-order valence-electron chi connectivity index (χ3n) is 4.86. The number of aromatic nitrogens is 1. The maximum atomic E-state index is 13.0. The van der Waals surface area contributed by atoms with Crippen molar-refractivity contribution in [2.45, 2.75) is 26.5 Å². The molecule has 1 unspecified atom stereocenters. The van der Waals surface area contributed by atoms with Crippen molar-refractivity contribution in [1.29, 1.82) is 0 Å². The zero-order chi connectivity index (χ0) is 22.1. The Morgan fingerprint density at radius 2 is 2.03 bits per heavy atom. The topological polar surface area (TPSA) is 71.0 Å². The van der Waals surface area contributed by atoms with Crippen molar-refractivity contribution in [3.05, 3.63) is 54.0 Å². The van der Waals surface area contributed by atoms with Crippen molar-refractivity contribution in [2.24, 2.45) is 10.9 Å². The minimum atomic E-state index is -0.299. The van der Waals surface area contributed by atoms with Crippen molar-refractivity contribution >= 4 is 29.9 Å². The molecule has 0 amide bonds. The Morgan fingerprint density at radius 3 is 2.69 bits per heavy atom. The van der Waals surface area contributed by atoms with Gasteiger partial charge >= 0.3 is 0 Å². The fourth-order valence-electron chi connectivity index (χ4n) is 3.40. The molecule has 176 valence electrons. The van der Waals surface area contributed by atoms with E-state index < -0.39 is 0 Å². The Balaban J connectivity index is 0.00000363. The number of hydrogen-bond donors (Lipinski definition) is 2. The molecule has 0 aliphatic carbocycles. The number of nitrogens with one attached hydrogen (secondary N) is 2. The summed E-state index contributed by atoms with van der Waals surface area (Å²) < 4.78 is 24.5. The van der Waals surface area contributed by atoms with E-state index in [9.17, 15) is 4.39 Å². The first kappa shape index (κ1) is 26.3. The van der Waals surface area contributed by atoms with Crippen LogP contribution in [0.4, 0.5) is 4.39 Å². The molecule has 32 heavy (non-hydrogen) atoms. The molecule has 1 aliphatic heterocycles. The molecule has 7 nitrogen and oxygen atoms in total. The number of benzene rings is 1. The number of rotatable bonds is 8. The number of morpholine rings is 1. The second-order valence-corrected chi connectivity index (χ2v) is 8.01. The van der Waals surface area contributed by atoms with Gasteiger partial charge in [0.15, 0.2) is 5.96 Å². The third kappa shape index (κ3) is 8.87. The Kier molecular flexibility index (Phi) is 11.1. The fourth-order valence-corrected chi connectivity index (χ4v) is 3.40. The van der Waals surface area contributed by atoms with Gasteiger partial charge in [-0.25, -0.2) is 9.37 Å². The molecule has 1 fully saturated rings. The summed E-state index contributed by atoms with van der Waals surface area (Å²) >= 11 is 0. The van der Waals surface area contributed by atoms with Crippen molar-refractivity contribution < 1.29 is 13.9 Å². The average molecular weight is 557 g/mol. The van der Waals surface area contributed by atoms with E-state index in [0.29, 0.717) is 30.6 Å². The van der Waals surface area contributed by atoms with Gasteiger partial charge in [-0.1, -0.05) is 19.9 Å². The molecule has 2 N–H and O–H groups in total. The highest BCUT2D eigenvalue weighted by Crippen LogP contribution is 2.19. The number of aliphatic imine (C=N–C) groups is 1. The average Bonchev–Trinajstić information content (AvgIpc) is 2.76. The maximum absolute atomic E-state index is 13.0. The van der Waals surface area contributed by atoms with Crippen molar-refractivity contribution in [1.82, 2.24) is 20.5 Å². The SMILES string of the molecule is CN=C(NCc1ccc(Oc2ccc(F)cc2)nc1)NCC1CN(CC(C)C)CCO1.I. The van der Waals surface area contributed by atoms with Gasteiger partial charge < -0.3 is 20.1 Å². The Hall–Kier alpha value is -1.98. The number of ether oxygens (including phenoxy) is 2. The Labute approximate surface area is 206 Å². The first-order chi connectivity index (χ1) is 15.0. The lowest BCUT2D eigenvalue weighted by Crippen LogP contribution is -2.50. The molecule has 0 saturated carbocycles. The van der Waals surface area contributed by atoms with Gasteiger partial charge in [0, 0.05) is 52.0 Å². The molecule has 2 heterocycles. The van der Waals surface area contributed by atoms with Crippen LogP contribution in [0.25, 0.3) is 0 Å². The smallest absolute Gasteiger partial charge is 0.219 e. The van der Waals surface area contributed by atoms with E-state index in [-0.39, 0.29) is 35.9 Å². The summed E-state index contributed by atoms with van der Waals surface area (Å²) in [7, 11) is 1.75. The summed E-state index contributed by atoms with van der Waals surface area (Å²) in [5.41, 5.74) is 0.992. The monoisotopic (exact) mass is 557 g/mol. The van der Waals surface area contributed by atoms with Crippen LogP contribution in [0.1, 0.15) is 19.4 Å². The lowest BCUT2D eigenvalue weighted by atomic mass is 10.2. The highest BCUT2D eigenvalue weighted by Gasteiger charge is 2.21. The van der Waals surface area contributed by atoms with E-state index >= 15 is 0 Å². The van der Waals surface area contributed by atoms with Crippen LogP contribution in [0.3, 0.4) is 0 Å². The summed E-state index contributed by atoms with van der Waals surface area (Å²) in [6.45, 7) is 9.56. The van der Waals surface area contributed by atoms with Gasteiger partial charge in [-0.3, -0.25) is 9.89 Å². The number of guanidine groups is 1. The van der Waals surface area contributed by atoms with Crippen LogP contribution in [-0.4, -0.2) is 61.8 Å². The predicted octanol–water partition coefficient (Wildman–Crippen LogP) is 3.65. The Morgan fingerprint density at radius 1 is 1.25 bits per heavy atom. The molecule has 9 heteroatoms. The van der Waals surface area contributed by atoms with Crippen LogP contribution in [0.2, 0.25) is 0 Å². The van der Waals surface area contributed by atoms with E-state index in [1.165, 1.54) is 12.1 Å². The molecule has 3 rings (SSSR count). The van der Waals surface area contributed by atoms with Crippen LogP contribution in [0.15, 0.2) is 47.6 Å². The molecular formula is C23H33FIN5O2. The summed E-state index contributed by atoms with van der Waals surface area (Å²) in [5.74, 6) is 2.07. The highest BCUT2D eigenvalue weighted by molar-refractivity contribution is 14.0. The summed E-state index contributed by atoms with van der Waals surface area (Å²) in [6, 6.07) is 9.56. The van der Waals surface area contributed by atoms with Crippen molar-refractivity contribution in [2.75, 3.05) is 39.8 Å². The predicted molar refractivity (Wildman–Crippen MR) is 135 cm³/mol. The van der Waals surface area contributed by atoms with Gasteiger partial charge in [0.2, 0.25) is 5.88 Å². The summed E-state index contributed by atoms with van der Waals surface area (Å²) in [4.78, 5) is 11.1. The van der Waals surface area contributed by atoms with Crippen LogP contribution in [-0.2, 0) is 11.3 Å². The fraction of sp³-hybridized carbons (Fsp3) is 0.478. The number of halogens is 2. The standard InChI is InChI=1S/C23H32FN5O2.HI/c1-17(2)15-29-10-11-30-21(16-29)14-28-23(25-3)27-13-18-4-9-22(26-12-18)31-20-7-5-19(24)6-8-20;/h4-9,12,17,21H,10-11,13-16H2,1-3H3,(H2,25,27,28);1H. The van der Waals surface area contributed by atoms with E-state index in [1.807, 2.05) is 6.07 Å². The molecule has 1 atom stereocenters. The molecule has 0 radical (unpaired) electrons. The quantitative estimate of drug-likeness (QED) is 0.294. The van der Waals surface area contributed by atoms with Gasteiger partial charge in [-0.2, -0.15) is 0 Å². The van der Waals surface area contributed by atoms with Gasteiger partial charge in [-0.15, -0.1) is 24.0 Å². The third-order valence-corrected chi connectivity index (χ3v) is 4.86. The highest BCUT2D eigenvalue weighted by atomic mass is 127. The largest absolute Gasteiger partial charge is 0.439 e. The maximum Gasteiger partial charge on any atom is 0.219 e. The molecule has 0 bridgehead atoms. The Bertz CT molecular complexity index is 833. The minimum Gasteiger partial charge on any atom is -0.439 e. The second kappa shape index (κ2) is 13.5. The number of hydrogen-bond acceptors (Lipinski definition) is 5. The van der Waals surface area contributed by atoms with E-state index in [0.717, 1.165) is 37.8 Å². The molecule has 0 spiro atoms. The first-order valence-corrected chi connectivity index (χ1v) is 10.7. The van der Waals surface area contributed by atoms with Crippen LogP contribution >= 0.6 is 24.0 Å². The van der Waals surface area contributed by atoms with Crippen LogP contribution < -0.4 is 15.4 Å². The summed E-state index contributed by atoms with van der Waals surface area (Å²) in [6.07, 6.45) is 1.89. The van der Waals surface area contributed by atoms with Crippen LogP contribution in [0, 0.1) is 11.7 Å². The molecular weight excluding hydrogens is 524 g/mol. The van der Waals surface area contributed by atoms with Crippen molar-refractivity contribution in [3.63, 3.8) is 0 Å². The zero-order valence-corrected chi connectivity index (χ0v) is 21.2. The van der Waals surface area contributed by atoms with E-state index in [4.69, 9.17) is 9.47 Å². The molecule has 2 aromatic rings. The van der Waals surface area contributed by atoms with E-state index in [2.05, 4.69) is 39.4 Å².